The maximum Gasteiger partial charge on any atom is 0.323 e. The number of nitrogens with zero attached hydrogens (tertiary/aromatic N) is 1. The van der Waals surface area contributed by atoms with Gasteiger partial charge in [-0.05, 0) is 63.4 Å². The predicted molar refractivity (Wildman–Crippen MR) is 127 cm³/mol. The number of likely N-dealkylation sites (tertiary alicyclic amines) is 1. The van der Waals surface area contributed by atoms with Crippen LogP contribution in [0.5, 0.6) is 0 Å². The largest absolute Gasteiger partial charge is 0.354 e. The van der Waals surface area contributed by atoms with Crippen LogP contribution in [0.4, 0.5) is 26.7 Å². The first kappa shape index (κ1) is 23.1. The zero-order valence-electron chi connectivity index (χ0n) is 18.8. The molecule has 8 heteroatoms. The van der Waals surface area contributed by atoms with Gasteiger partial charge in [-0.2, -0.15) is 0 Å². The lowest BCUT2D eigenvalue weighted by Gasteiger charge is -2.32. The maximum atomic E-state index is 12.8. The van der Waals surface area contributed by atoms with Crippen LogP contribution in [0, 0.1) is 12.8 Å². The SMILES string of the molecule is Cc1ccc(NC(=O)Nc2ccccc2)cc1NC(=O)N1CCC(C(=O)NC(C)C)CC1. The van der Waals surface area contributed by atoms with Crippen molar-refractivity contribution in [2.24, 2.45) is 5.92 Å². The lowest BCUT2D eigenvalue weighted by molar-refractivity contribution is -0.126. The van der Waals surface area contributed by atoms with Crippen molar-refractivity contribution in [1.82, 2.24) is 10.2 Å². The average molecular weight is 438 g/mol. The van der Waals surface area contributed by atoms with E-state index in [1.165, 1.54) is 0 Å². The first-order chi connectivity index (χ1) is 15.3. The molecule has 4 N–H and O–H groups in total. The van der Waals surface area contributed by atoms with Gasteiger partial charge in [0, 0.05) is 42.1 Å². The van der Waals surface area contributed by atoms with Crippen molar-refractivity contribution in [2.45, 2.75) is 39.7 Å². The number of benzene rings is 2. The number of rotatable bonds is 5. The Labute approximate surface area is 188 Å². The van der Waals surface area contributed by atoms with Crippen LogP contribution in [0.25, 0.3) is 0 Å². The first-order valence-electron chi connectivity index (χ1n) is 10.9. The van der Waals surface area contributed by atoms with E-state index in [1.807, 2.05) is 45.0 Å². The third-order valence-electron chi connectivity index (χ3n) is 5.35. The minimum atomic E-state index is -0.362. The predicted octanol–water partition coefficient (Wildman–Crippen LogP) is 4.41. The Morgan fingerprint density at radius 3 is 2.22 bits per heavy atom. The zero-order chi connectivity index (χ0) is 23.1. The summed E-state index contributed by atoms with van der Waals surface area (Å²) in [6.07, 6.45) is 1.29. The molecule has 2 aromatic carbocycles. The third kappa shape index (κ3) is 6.47. The van der Waals surface area contributed by atoms with Crippen LogP contribution in [-0.2, 0) is 4.79 Å². The standard InChI is InChI=1S/C24H31N5O3/c1-16(2)25-22(30)18-11-13-29(14-12-18)24(32)28-21-15-20(10-9-17(21)3)27-23(31)26-19-7-5-4-6-8-19/h4-10,15-16,18H,11-14H2,1-3H3,(H,25,30)(H,28,32)(H2,26,27,31). The molecule has 0 aromatic heterocycles. The number of aryl methyl sites for hydroxylation is 1. The Bertz CT molecular complexity index is 953. The van der Waals surface area contributed by atoms with E-state index in [-0.39, 0.29) is 29.9 Å². The molecule has 1 aliphatic rings. The van der Waals surface area contributed by atoms with E-state index in [4.69, 9.17) is 0 Å². The van der Waals surface area contributed by atoms with Crippen molar-refractivity contribution in [3.05, 3.63) is 54.1 Å². The second-order valence-corrected chi connectivity index (χ2v) is 8.33. The van der Waals surface area contributed by atoms with Gasteiger partial charge in [0.25, 0.3) is 0 Å². The molecule has 3 rings (SSSR count). The van der Waals surface area contributed by atoms with Crippen molar-refractivity contribution < 1.29 is 14.4 Å². The molecule has 8 nitrogen and oxygen atoms in total. The number of carbonyl (C=O) groups excluding carboxylic acids is 3. The highest BCUT2D eigenvalue weighted by Gasteiger charge is 2.27. The van der Waals surface area contributed by atoms with Crippen molar-refractivity contribution in [2.75, 3.05) is 29.0 Å². The van der Waals surface area contributed by atoms with Gasteiger partial charge in [-0.15, -0.1) is 0 Å². The normalized spacial score (nSPS) is 14.1. The second-order valence-electron chi connectivity index (χ2n) is 8.33. The summed E-state index contributed by atoms with van der Waals surface area (Å²) in [4.78, 5) is 38.9. The van der Waals surface area contributed by atoms with Crippen molar-refractivity contribution in [3.8, 4) is 0 Å². The van der Waals surface area contributed by atoms with Crippen LogP contribution in [0.1, 0.15) is 32.3 Å². The van der Waals surface area contributed by atoms with Gasteiger partial charge in [0.15, 0.2) is 0 Å². The molecule has 0 atom stereocenters. The van der Waals surface area contributed by atoms with E-state index < -0.39 is 0 Å². The molecular formula is C24H31N5O3. The molecule has 1 aliphatic heterocycles. The van der Waals surface area contributed by atoms with Gasteiger partial charge < -0.3 is 26.2 Å². The van der Waals surface area contributed by atoms with Crippen LogP contribution in [0.2, 0.25) is 0 Å². The minimum Gasteiger partial charge on any atom is -0.354 e. The van der Waals surface area contributed by atoms with Gasteiger partial charge >= 0.3 is 12.1 Å². The van der Waals surface area contributed by atoms with Gasteiger partial charge in [-0.1, -0.05) is 24.3 Å². The molecule has 32 heavy (non-hydrogen) atoms. The number of urea groups is 2. The Hall–Kier alpha value is -3.55. The number of piperidine rings is 1. The van der Waals surface area contributed by atoms with E-state index in [9.17, 15) is 14.4 Å². The summed E-state index contributed by atoms with van der Waals surface area (Å²) in [6.45, 7) is 6.83. The van der Waals surface area contributed by atoms with Crippen LogP contribution >= 0.6 is 0 Å². The fraction of sp³-hybridized carbons (Fsp3) is 0.375. The van der Waals surface area contributed by atoms with E-state index in [1.54, 1.807) is 29.2 Å². The van der Waals surface area contributed by atoms with E-state index >= 15 is 0 Å². The Morgan fingerprint density at radius 2 is 1.56 bits per heavy atom. The number of hydrogen-bond acceptors (Lipinski definition) is 3. The number of carbonyl (C=O) groups is 3. The topological polar surface area (TPSA) is 103 Å². The zero-order valence-corrected chi connectivity index (χ0v) is 18.8. The fourth-order valence-corrected chi connectivity index (χ4v) is 3.59. The van der Waals surface area contributed by atoms with Gasteiger partial charge in [-0.3, -0.25) is 4.79 Å². The van der Waals surface area contributed by atoms with Crippen molar-refractivity contribution in [3.63, 3.8) is 0 Å². The van der Waals surface area contributed by atoms with E-state index in [0.717, 1.165) is 5.56 Å². The van der Waals surface area contributed by atoms with Crippen LogP contribution in [0.3, 0.4) is 0 Å². The molecule has 0 radical (unpaired) electrons. The number of para-hydroxylation sites is 1. The summed E-state index contributed by atoms with van der Waals surface area (Å²) in [5.74, 6) is 0.00213. The summed E-state index contributed by atoms with van der Waals surface area (Å²) in [7, 11) is 0. The molecule has 0 bridgehead atoms. The summed E-state index contributed by atoms with van der Waals surface area (Å²) < 4.78 is 0. The highest BCUT2D eigenvalue weighted by atomic mass is 16.2. The average Bonchev–Trinajstić information content (AvgIpc) is 2.76. The van der Waals surface area contributed by atoms with Crippen molar-refractivity contribution in [1.29, 1.82) is 0 Å². The summed E-state index contributed by atoms with van der Waals surface area (Å²) >= 11 is 0. The Balaban J connectivity index is 1.55. The number of anilines is 3. The van der Waals surface area contributed by atoms with Gasteiger partial charge in [0.2, 0.25) is 5.91 Å². The number of nitrogens with one attached hydrogen (secondary N) is 4. The summed E-state index contributed by atoms with van der Waals surface area (Å²) in [6, 6.07) is 14.1. The highest BCUT2D eigenvalue weighted by molar-refractivity contribution is 6.00. The van der Waals surface area contributed by atoms with Crippen molar-refractivity contribution >= 4 is 35.0 Å². The van der Waals surface area contributed by atoms with Crippen LogP contribution in [0.15, 0.2) is 48.5 Å². The Morgan fingerprint density at radius 1 is 0.906 bits per heavy atom. The molecule has 170 valence electrons. The molecule has 1 saturated heterocycles. The minimum absolute atomic E-state index is 0.0566. The van der Waals surface area contributed by atoms with E-state index in [0.29, 0.717) is 43.0 Å². The quantitative estimate of drug-likeness (QED) is 0.557. The van der Waals surface area contributed by atoms with Crippen LogP contribution < -0.4 is 21.3 Å². The Kier molecular flexibility index (Phi) is 7.70. The third-order valence-corrected chi connectivity index (χ3v) is 5.35. The smallest absolute Gasteiger partial charge is 0.323 e. The number of hydrogen-bond donors (Lipinski definition) is 4. The molecular weight excluding hydrogens is 406 g/mol. The fourth-order valence-electron chi connectivity index (χ4n) is 3.59. The lowest BCUT2D eigenvalue weighted by atomic mass is 9.96. The number of amides is 5. The molecule has 1 fully saturated rings. The molecule has 0 saturated carbocycles. The molecule has 1 heterocycles. The van der Waals surface area contributed by atoms with Gasteiger partial charge in [0.05, 0.1) is 0 Å². The first-order valence-corrected chi connectivity index (χ1v) is 10.9. The molecule has 0 spiro atoms. The van der Waals surface area contributed by atoms with Crippen LogP contribution in [-0.4, -0.2) is 42.0 Å². The van der Waals surface area contributed by atoms with E-state index in [2.05, 4.69) is 21.3 Å². The monoisotopic (exact) mass is 437 g/mol. The lowest BCUT2D eigenvalue weighted by Crippen LogP contribution is -2.45. The molecule has 0 unspecified atom stereocenters. The molecule has 2 aromatic rings. The summed E-state index contributed by atoms with van der Waals surface area (Å²) in [5, 5.41) is 11.4. The maximum absolute atomic E-state index is 12.8. The second kappa shape index (κ2) is 10.7. The highest BCUT2D eigenvalue weighted by Crippen LogP contribution is 2.23. The van der Waals surface area contributed by atoms with Gasteiger partial charge in [0.1, 0.15) is 0 Å². The molecule has 0 aliphatic carbocycles. The summed E-state index contributed by atoms with van der Waals surface area (Å²) in [5.41, 5.74) is 2.78. The molecule has 5 amide bonds. The van der Waals surface area contributed by atoms with Gasteiger partial charge in [-0.25, -0.2) is 9.59 Å².